The summed E-state index contributed by atoms with van der Waals surface area (Å²) in [6, 6.07) is 10.7. The number of hydrogen-bond donors (Lipinski definition) is 1. The van der Waals surface area contributed by atoms with E-state index in [0.29, 0.717) is 5.69 Å². The van der Waals surface area contributed by atoms with Crippen molar-refractivity contribution in [3.8, 4) is 0 Å². The normalized spacial score (nSPS) is 11.8. The largest absolute Gasteiger partial charge is 0.343 e. The Morgan fingerprint density at radius 3 is 2.41 bits per heavy atom. The first-order chi connectivity index (χ1) is 8.27. The topological polar surface area (TPSA) is 54.9 Å². The molecule has 1 unspecified atom stereocenters. The fourth-order valence-corrected chi connectivity index (χ4v) is 1.47. The Hall–Kier alpha value is -2.23. The molecule has 0 aromatic carbocycles. The Morgan fingerprint density at radius 1 is 1.12 bits per heavy atom. The fourth-order valence-electron chi connectivity index (χ4n) is 1.47. The quantitative estimate of drug-likeness (QED) is 0.872. The zero-order valence-electron chi connectivity index (χ0n) is 9.50. The van der Waals surface area contributed by atoms with Crippen LogP contribution in [0.2, 0.25) is 0 Å². The highest BCUT2D eigenvalue weighted by Gasteiger charge is 2.12. The van der Waals surface area contributed by atoms with E-state index in [4.69, 9.17) is 0 Å². The minimum Gasteiger partial charge on any atom is -0.343 e. The molecule has 2 rings (SSSR count). The van der Waals surface area contributed by atoms with Crippen LogP contribution in [0.4, 0.5) is 0 Å². The van der Waals surface area contributed by atoms with Gasteiger partial charge in [0.2, 0.25) is 0 Å². The Labute approximate surface area is 99.7 Å². The molecule has 0 spiro atoms. The van der Waals surface area contributed by atoms with Gasteiger partial charge in [-0.25, -0.2) is 0 Å². The van der Waals surface area contributed by atoms with Gasteiger partial charge in [-0.2, -0.15) is 0 Å². The molecule has 0 aliphatic heterocycles. The molecule has 2 aromatic heterocycles. The summed E-state index contributed by atoms with van der Waals surface area (Å²) in [5.41, 5.74) is 1.24. The van der Waals surface area contributed by atoms with Crippen LogP contribution in [0.25, 0.3) is 0 Å². The second-order valence-electron chi connectivity index (χ2n) is 3.66. The van der Waals surface area contributed by atoms with E-state index in [1.54, 1.807) is 30.6 Å². The van der Waals surface area contributed by atoms with Crippen molar-refractivity contribution in [3.05, 3.63) is 60.2 Å². The van der Waals surface area contributed by atoms with E-state index in [1.807, 2.05) is 25.1 Å². The van der Waals surface area contributed by atoms with E-state index in [0.717, 1.165) is 5.69 Å². The monoisotopic (exact) mass is 227 g/mol. The van der Waals surface area contributed by atoms with Crippen molar-refractivity contribution >= 4 is 5.91 Å². The molecule has 2 heterocycles. The zero-order chi connectivity index (χ0) is 12.1. The molecule has 2 aromatic rings. The van der Waals surface area contributed by atoms with Crippen LogP contribution >= 0.6 is 0 Å². The van der Waals surface area contributed by atoms with Gasteiger partial charge in [-0.15, -0.1) is 0 Å². The molecule has 17 heavy (non-hydrogen) atoms. The van der Waals surface area contributed by atoms with Gasteiger partial charge < -0.3 is 5.32 Å². The molecule has 0 fully saturated rings. The summed E-state index contributed by atoms with van der Waals surface area (Å²) in [4.78, 5) is 20.0. The van der Waals surface area contributed by atoms with Crippen LogP contribution < -0.4 is 5.32 Å². The Morgan fingerprint density at radius 2 is 1.82 bits per heavy atom. The van der Waals surface area contributed by atoms with Crippen LogP contribution in [0.5, 0.6) is 0 Å². The van der Waals surface area contributed by atoms with E-state index in [-0.39, 0.29) is 11.9 Å². The molecule has 0 aliphatic rings. The van der Waals surface area contributed by atoms with Crippen LogP contribution in [-0.2, 0) is 0 Å². The van der Waals surface area contributed by atoms with Crippen molar-refractivity contribution in [2.45, 2.75) is 13.0 Å². The summed E-state index contributed by atoms with van der Waals surface area (Å²) in [6.07, 6.45) is 3.30. The third-order valence-corrected chi connectivity index (χ3v) is 2.38. The van der Waals surface area contributed by atoms with Crippen LogP contribution in [-0.4, -0.2) is 15.9 Å². The van der Waals surface area contributed by atoms with Gasteiger partial charge in [0.1, 0.15) is 5.69 Å². The zero-order valence-corrected chi connectivity index (χ0v) is 9.50. The van der Waals surface area contributed by atoms with Crippen LogP contribution in [0, 0.1) is 0 Å². The van der Waals surface area contributed by atoms with Crippen LogP contribution in [0.15, 0.2) is 48.8 Å². The number of amides is 1. The second kappa shape index (κ2) is 5.21. The van der Waals surface area contributed by atoms with Crippen molar-refractivity contribution in [3.63, 3.8) is 0 Å². The van der Waals surface area contributed by atoms with E-state index < -0.39 is 0 Å². The van der Waals surface area contributed by atoms with Gasteiger partial charge in [0.25, 0.3) is 5.91 Å². The highest BCUT2D eigenvalue weighted by molar-refractivity contribution is 5.92. The Balaban J connectivity index is 2.05. The highest BCUT2D eigenvalue weighted by Crippen LogP contribution is 2.08. The molecule has 4 heteroatoms. The van der Waals surface area contributed by atoms with Gasteiger partial charge in [0, 0.05) is 12.4 Å². The van der Waals surface area contributed by atoms with Crippen molar-refractivity contribution < 1.29 is 4.79 Å². The van der Waals surface area contributed by atoms with Gasteiger partial charge in [0.05, 0.1) is 11.7 Å². The summed E-state index contributed by atoms with van der Waals surface area (Å²) < 4.78 is 0. The summed E-state index contributed by atoms with van der Waals surface area (Å²) in [5.74, 6) is -0.191. The molecule has 0 bridgehead atoms. The Bertz CT molecular complexity index is 485. The second-order valence-corrected chi connectivity index (χ2v) is 3.66. The SMILES string of the molecule is CC(NC(=O)c1ccccn1)c1ccccn1. The average molecular weight is 227 g/mol. The number of carbonyl (C=O) groups is 1. The maximum atomic E-state index is 11.8. The molecule has 0 aliphatic carbocycles. The number of nitrogens with one attached hydrogen (secondary N) is 1. The number of carbonyl (C=O) groups excluding carboxylic acids is 1. The molecule has 0 radical (unpaired) electrons. The van der Waals surface area contributed by atoms with Crippen molar-refractivity contribution in [1.82, 2.24) is 15.3 Å². The predicted octanol–water partition coefficient (Wildman–Crippen LogP) is 1.97. The van der Waals surface area contributed by atoms with Crippen LogP contribution in [0.1, 0.15) is 29.1 Å². The summed E-state index contributed by atoms with van der Waals surface area (Å²) >= 11 is 0. The lowest BCUT2D eigenvalue weighted by Crippen LogP contribution is -2.27. The number of aromatic nitrogens is 2. The van der Waals surface area contributed by atoms with Gasteiger partial charge in [-0.3, -0.25) is 14.8 Å². The lowest BCUT2D eigenvalue weighted by molar-refractivity contribution is 0.0934. The standard InChI is InChI=1S/C13H13N3O/c1-10(11-6-2-4-8-14-11)16-13(17)12-7-3-5-9-15-12/h2-10H,1H3,(H,16,17). The van der Waals surface area contributed by atoms with Crippen molar-refractivity contribution in [2.24, 2.45) is 0 Å². The number of rotatable bonds is 3. The highest BCUT2D eigenvalue weighted by atomic mass is 16.1. The van der Waals surface area contributed by atoms with E-state index in [2.05, 4.69) is 15.3 Å². The van der Waals surface area contributed by atoms with Gasteiger partial charge in [-0.1, -0.05) is 12.1 Å². The predicted molar refractivity (Wildman–Crippen MR) is 64.4 cm³/mol. The smallest absolute Gasteiger partial charge is 0.270 e. The first kappa shape index (κ1) is 11.3. The molecule has 0 saturated carbocycles. The van der Waals surface area contributed by atoms with E-state index in [9.17, 15) is 4.79 Å². The van der Waals surface area contributed by atoms with Crippen molar-refractivity contribution in [1.29, 1.82) is 0 Å². The molecular formula is C13H13N3O. The third-order valence-electron chi connectivity index (χ3n) is 2.38. The number of pyridine rings is 2. The average Bonchev–Trinajstić information content (AvgIpc) is 2.40. The molecule has 1 atom stereocenters. The minimum atomic E-state index is -0.191. The van der Waals surface area contributed by atoms with E-state index >= 15 is 0 Å². The molecule has 86 valence electrons. The maximum absolute atomic E-state index is 11.8. The number of nitrogens with zero attached hydrogens (tertiary/aromatic N) is 2. The Kier molecular flexibility index (Phi) is 3.45. The molecular weight excluding hydrogens is 214 g/mol. The maximum Gasteiger partial charge on any atom is 0.270 e. The third kappa shape index (κ3) is 2.87. The molecule has 1 amide bonds. The summed E-state index contributed by atoms with van der Waals surface area (Å²) in [6.45, 7) is 1.89. The number of hydrogen-bond acceptors (Lipinski definition) is 3. The minimum absolute atomic E-state index is 0.134. The molecule has 0 saturated heterocycles. The first-order valence-electron chi connectivity index (χ1n) is 5.40. The van der Waals surface area contributed by atoms with Gasteiger partial charge >= 0.3 is 0 Å². The summed E-state index contributed by atoms with van der Waals surface area (Å²) in [7, 11) is 0. The summed E-state index contributed by atoms with van der Waals surface area (Å²) in [5, 5.41) is 2.85. The fraction of sp³-hybridized carbons (Fsp3) is 0.154. The van der Waals surface area contributed by atoms with Crippen molar-refractivity contribution in [2.75, 3.05) is 0 Å². The van der Waals surface area contributed by atoms with Crippen LogP contribution in [0.3, 0.4) is 0 Å². The molecule has 1 N–H and O–H groups in total. The van der Waals surface area contributed by atoms with E-state index in [1.165, 1.54) is 0 Å². The van der Waals surface area contributed by atoms with Gasteiger partial charge in [-0.05, 0) is 31.2 Å². The lowest BCUT2D eigenvalue weighted by atomic mass is 10.2. The first-order valence-corrected chi connectivity index (χ1v) is 5.40. The lowest BCUT2D eigenvalue weighted by Gasteiger charge is -2.12. The molecule has 4 nitrogen and oxygen atoms in total. The van der Waals surface area contributed by atoms with Gasteiger partial charge in [0.15, 0.2) is 0 Å².